The van der Waals surface area contributed by atoms with Crippen LogP contribution in [0.25, 0.3) is 0 Å². The number of alkyl halides is 1. The van der Waals surface area contributed by atoms with Crippen LogP contribution in [0.15, 0.2) is 4.99 Å². The van der Waals surface area contributed by atoms with Crippen molar-refractivity contribution >= 4 is 6.08 Å². The standard InChI is InChI=1S/C6H8FNO2/c1-5(7)6(8-4-9)2-10-3-6/h5H,2-3H2,1H3. The van der Waals surface area contributed by atoms with Gasteiger partial charge >= 0.3 is 0 Å². The van der Waals surface area contributed by atoms with Gasteiger partial charge in [0.15, 0.2) is 5.54 Å². The Balaban J connectivity index is 2.68. The van der Waals surface area contributed by atoms with E-state index in [2.05, 4.69) is 4.99 Å². The predicted molar refractivity (Wildman–Crippen MR) is 32.2 cm³/mol. The van der Waals surface area contributed by atoms with Gasteiger partial charge in [0.1, 0.15) is 6.17 Å². The Morgan fingerprint density at radius 2 is 2.40 bits per heavy atom. The van der Waals surface area contributed by atoms with Crippen molar-refractivity contribution in [1.82, 2.24) is 0 Å². The number of rotatable bonds is 2. The fourth-order valence-electron chi connectivity index (χ4n) is 0.785. The Bertz CT molecular complexity index is 171. The van der Waals surface area contributed by atoms with Crippen LogP contribution < -0.4 is 0 Å². The van der Waals surface area contributed by atoms with Crippen LogP contribution in [0.3, 0.4) is 0 Å². The van der Waals surface area contributed by atoms with Crippen molar-refractivity contribution in [3.8, 4) is 0 Å². The maximum Gasteiger partial charge on any atom is 0.235 e. The fraction of sp³-hybridized carbons (Fsp3) is 0.833. The molecule has 0 aromatic heterocycles. The monoisotopic (exact) mass is 145 g/mol. The van der Waals surface area contributed by atoms with E-state index in [0.29, 0.717) is 0 Å². The molecule has 1 unspecified atom stereocenters. The minimum Gasteiger partial charge on any atom is -0.376 e. The molecule has 0 aromatic rings. The van der Waals surface area contributed by atoms with Gasteiger partial charge in [-0.3, -0.25) is 0 Å². The first-order chi connectivity index (χ1) is 4.71. The number of isocyanates is 1. The lowest BCUT2D eigenvalue weighted by atomic mass is 9.93. The summed E-state index contributed by atoms with van der Waals surface area (Å²) in [5, 5.41) is 0. The van der Waals surface area contributed by atoms with Crippen molar-refractivity contribution in [2.75, 3.05) is 13.2 Å². The summed E-state index contributed by atoms with van der Waals surface area (Å²) in [6.45, 7) is 1.75. The number of aliphatic imine (C=N–C) groups is 1. The topological polar surface area (TPSA) is 38.7 Å². The molecule has 1 saturated heterocycles. The quantitative estimate of drug-likeness (QED) is 0.418. The van der Waals surface area contributed by atoms with Gasteiger partial charge < -0.3 is 4.74 Å². The zero-order valence-corrected chi connectivity index (χ0v) is 5.63. The van der Waals surface area contributed by atoms with Gasteiger partial charge in [0, 0.05) is 0 Å². The van der Waals surface area contributed by atoms with Gasteiger partial charge in [-0.1, -0.05) is 0 Å². The molecule has 4 heteroatoms. The van der Waals surface area contributed by atoms with Gasteiger partial charge in [0.25, 0.3) is 0 Å². The number of halogens is 1. The molecular weight excluding hydrogens is 137 g/mol. The van der Waals surface area contributed by atoms with Gasteiger partial charge in [-0.05, 0) is 6.92 Å². The largest absolute Gasteiger partial charge is 0.376 e. The number of ether oxygens (including phenoxy) is 1. The maximum atomic E-state index is 12.6. The zero-order valence-electron chi connectivity index (χ0n) is 5.63. The van der Waals surface area contributed by atoms with E-state index in [0.717, 1.165) is 0 Å². The number of hydrogen-bond acceptors (Lipinski definition) is 3. The summed E-state index contributed by atoms with van der Waals surface area (Å²) in [6.07, 6.45) is 0.210. The van der Waals surface area contributed by atoms with E-state index in [9.17, 15) is 9.18 Å². The van der Waals surface area contributed by atoms with Crippen molar-refractivity contribution in [2.24, 2.45) is 4.99 Å². The van der Waals surface area contributed by atoms with Crippen LogP contribution in [0.2, 0.25) is 0 Å². The molecule has 1 rings (SSSR count). The molecule has 1 fully saturated rings. The first kappa shape index (κ1) is 7.38. The Hall–Kier alpha value is -0.730. The van der Waals surface area contributed by atoms with Crippen LogP contribution in [0.1, 0.15) is 6.92 Å². The molecule has 0 amide bonds. The lowest BCUT2D eigenvalue weighted by molar-refractivity contribution is -0.0841. The van der Waals surface area contributed by atoms with Gasteiger partial charge in [0.05, 0.1) is 13.2 Å². The minimum absolute atomic E-state index is 0.194. The molecule has 10 heavy (non-hydrogen) atoms. The molecule has 1 atom stereocenters. The molecule has 56 valence electrons. The molecule has 0 bridgehead atoms. The van der Waals surface area contributed by atoms with Crippen LogP contribution in [-0.2, 0) is 9.53 Å². The van der Waals surface area contributed by atoms with Gasteiger partial charge in [0.2, 0.25) is 6.08 Å². The molecule has 1 aliphatic heterocycles. The van der Waals surface area contributed by atoms with E-state index in [1.54, 1.807) is 0 Å². The average Bonchev–Trinajstić information content (AvgIpc) is 1.77. The first-order valence-electron chi connectivity index (χ1n) is 3.02. The highest BCUT2D eigenvalue weighted by Crippen LogP contribution is 2.27. The summed E-state index contributed by atoms with van der Waals surface area (Å²) in [4.78, 5) is 13.2. The van der Waals surface area contributed by atoms with Crippen LogP contribution in [0, 0.1) is 0 Å². The van der Waals surface area contributed by atoms with Crippen molar-refractivity contribution in [1.29, 1.82) is 0 Å². The zero-order chi connectivity index (χ0) is 7.61. The predicted octanol–water partition coefficient (Wildman–Crippen LogP) is 0.449. The normalized spacial score (nSPS) is 24.2. The molecule has 0 spiro atoms. The molecule has 0 saturated carbocycles. The number of hydrogen-bond donors (Lipinski definition) is 0. The van der Waals surface area contributed by atoms with Crippen molar-refractivity contribution in [2.45, 2.75) is 18.6 Å². The molecule has 0 radical (unpaired) electrons. The second-order valence-electron chi connectivity index (χ2n) is 2.42. The fourth-order valence-corrected chi connectivity index (χ4v) is 0.785. The highest BCUT2D eigenvalue weighted by molar-refractivity contribution is 5.36. The second kappa shape index (κ2) is 2.48. The highest BCUT2D eigenvalue weighted by Gasteiger charge is 2.44. The summed E-state index contributed by atoms with van der Waals surface area (Å²) < 4.78 is 17.4. The molecule has 1 aliphatic rings. The number of nitrogens with zero attached hydrogens (tertiary/aromatic N) is 1. The molecule has 0 aromatic carbocycles. The van der Waals surface area contributed by atoms with Crippen LogP contribution >= 0.6 is 0 Å². The molecule has 1 heterocycles. The van der Waals surface area contributed by atoms with Crippen molar-refractivity contribution < 1.29 is 13.9 Å². The van der Waals surface area contributed by atoms with E-state index < -0.39 is 11.7 Å². The van der Waals surface area contributed by atoms with E-state index in [1.807, 2.05) is 0 Å². The Labute approximate surface area is 57.9 Å². The smallest absolute Gasteiger partial charge is 0.235 e. The average molecular weight is 145 g/mol. The van der Waals surface area contributed by atoms with E-state index >= 15 is 0 Å². The van der Waals surface area contributed by atoms with Crippen LogP contribution in [-0.4, -0.2) is 31.0 Å². The summed E-state index contributed by atoms with van der Waals surface area (Å²) in [5.41, 5.74) is -0.915. The van der Waals surface area contributed by atoms with Gasteiger partial charge in [-0.2, -0.15) is 4.99 Å². The molecule has 3 nitrogen and oxygen atoms in total. The molecule has 0 N–H and O–H groups in total. The minimum atomic E-state index is -1.14. The van der Waals surface area contributed by atoms with E-state index in [4.69, 9.17) is 4.74 Å². The third kappa shape index (κ3) is 0.958. The van der Waals surface area contributed by atoms with Crippen LogP contribution in [0.4, 0.5) is 4.39 Å². The van der Waals surface area contributed by atoms with E-state index in [-0.39, 0.29) is 13.2 Å². The lowest BCUT2D eigenvalue weighted by Crippen LogP contribution is -2.54. The third-order valence-electron chi connectivity index (χ3n) is 1.71. The SMILES string of the molecule is CC(F)C1(N=C=O)COC1. The number of carbonyl (C=O) groups excluding carboxylic acids is 1. The van der Waals surface area contributed by atoms with Crippen molar-refractivity contribution in [3.05, 3.63) is 0 Å². The molecule has 0 aliphatic carbocycles. The van der Waals surface area contributed by atoms with Crippen molar-refractivity contribution in [3.63, 3.8) is 0 Å². The lowest BCUT2D eigenvalue weighted by Gasteiger charge is -2.37. The third-order valence-corrected chi connectivity index (χ3v) is 1.71. The van der Waals surface area contributed by atoms with Crippen LogP contribution in [0.5, 0.6) is 0 Å². The van der Waals surface area contributed by atoms with Gasteiger partial charge in [-0.25, -0.2) is 9.18 Å². The first-order valence-corrected chi connectivity index (χ1v) is 3.02. The summed E-state index contributed by atoms with van der Waals surface area (Å²) in [7, 11) is 0. The van der Waals surface area contributed by atoms with E-state index in [1.165, 1.54) is 13.0 Å². The maximum absolute atomic E-state index is 12.6. The summed E-state index contributed by atoms with van der Waals surface area (Å²) in [6, 6.07) is 0. The summed E-state index contributed by atoms with van der Waals surface area (Å²) in [5.74, 6) is 0. The Kier molecular flexibility index (Phi) is 1.83. The Morgan fingerprint density at radius 3 is 2.50 bits per heavy atom. The van der Waals surface area contributed by atoms with Gasteiger partial charge in [-0.15, -0.1) is 0 Å². The second-order valence-corrected chi connectivity index (χ2v) is 2.42. The Morgan fingerprint density at radius 1 is 1.80 bits per heavy atom. The highest BCUT2D eigenvalue weighted by atomic mass is 19.1. The molecular formula is C6H8FNO2. The summed E-state index contributed by atoms with van der Waals surface area (Å²) >= 11 is 0.